The van der Waals surface area contributed by atoms with Crippen LogP contribution in [-0.4, -0.2) is 167 Å². The largest absolute Gasteiger partial charge is 0.492 e. The molecular formula is C46H65NO18S. The Labute approximate surface area is 389 Å². The lowest BCUT2D eigenvalue weighted by atomic mass is 10.0. The Bertz CT molecular complexity index is 1880. The summed E-state index contributed by atoms with van der Waals surface area (Å²) in [6.45, 7) is 16.1. The van der Waals surface area contributed by atoms with E-state index < -0.39 is 36.0 Å². The van der Waals surface area contributed by atoms with Gasteiger partial charge in [-0.25, -0.2) is 14.4 Å². The van der Waals surface area contributed by atoms with Crippen LogP contribution >= 0.6 is 11.3 Å². The number of carbonyl (C=O) groups is 3. The van der Waals surface area contributed by atoms with Gasteiger partial charge in [-0.1, -0.05) is 31.9 Å². The molecule has 19 nitrogen and oxygen atoms in total. The van der Waals surface area contributed by atoms with Crippen molar-refractivity contribution in [3.8, 4) is 5.75 Å². The van der Waals surface area contributed by atoms with Crippen molar-refractivity contribution in [1.82, 2.24) is 5.32 Å². The summed E-state index contributed by atoms with van der Waals surface area (Å²) >= 11 is 1.54. The summed E-state index contributed by atoms with van der Waals surface area (Å²) in [6.07, 6.45) is 1.86. The third-order valence-electron chi connectivity index (χ3n) is 8.60. The van der Waals surface area contributed by atoms with Crippen LogP contribution in [0.3, 0.4) is 0 Å². The van der Waals surface area contributed by atoms with E-state index in [2.05, 4.69) is 25.1 Å². The quantitative estimate of drug-likeness (QED) is 0.0209. The summed E-state index contributed by atoms with van der Waals surface area (Å²) in [5.41, 5.74) is -1.08. The zero-order valence-electron chi connectivity index (χ0n) is 38.1. The van der Waals surface area contributed by atoms with E-state index >= 15 is 0 Å². The molecule has 2 aromatic carbocycles. The van der Waals surface area contributed by atoms with Crippen LogP contribution in [-0.2, 0) is 71.2 Å². The number of hydrogen-bond donors (Lipinski definition) is 2. The molecule has 0 saturated heterocycles. The van der Waals surface area contributed by atoms with E-state index in [-0.39, 0.29) is 118 Å². The van der Waals surface area contributed by atoms with Crippen LogP contribution in [0.25, 0.3) is 20.2 Å². The van der Waals surface area contributed by atoms with Crippen molar-refractivity contribution in [2.24, 2.45) is 0 Å². The van der Waals surface area contributed by atoms with Gasteiger partial charge >= 0.3 is 17.9 Å². The number of rotatable bonds is 38. The number of fused-ring (bicyclic) bond motifs is 2. The lowest BCUT2D eigenvalue weighted by Crippen LogP contribution is -2.58. The topological polar surface area (TPSA) is 221 Å². The first-order valence-corrected chi connectivity index (χ1v) is 21.9. The first-order chi connectivity index (χ1) is 32.1. The van der Waals surface area contributed by atoms with Gasteiger partial charge < -0.3 is 72.0 Å². The van der Waals surface area contributed by atoms with Crippen LogP contribution in [0.5, 0.6) is 5.75 Å². The van der Waals surface area contributed by atoms with Gasteiger partial charge in [0.05, 0.1) is 84.8 Å². The lowest BCUT2D eigenvalue weighted by Gasteiger charge is -2.36. The van der Waals surface area contributed by atoms with Crippen molar-refractivity contribution in [2.45, 2.75) is 32.0 Å². The average Bonchev–Trinajstić information content (AvgIpc) is 3.34. The Morgan fingerprint density at radius 1 is 0.606 bits per heavy atom. The van der Waals surface area contributed by atoms with Gasteiger partial charge in [0, 0.05) is 52.1 Å². The Balaban J connectivity index is 0.00000737. The molecule has 0 amide bonds. The second-order valence-electron chi connectivity index (χ2n) is 13.5. The van der Waals surface area contributed by atoms with Gasteiger partial charge in [-0.2, -0.15) is 0 Å². The van der Waals surface area contributed by atoms with Gasteiger partial charge in [0.25, 0.3) is 0 Å². The van der Waals surface area contributed by atoms with Crippen LogP contribution in [0.1, 0.15) is 13.8 Å². The van der Waals surface area contributed by atoms with E-state index in [0.717, 1.165) is 34.7 Å². The fourth-order valence-corrected chi connectivity index (χ4v) is 6.44. The van der Waals surface area contributed by atoms with Gasteiger partial charge in [0.2, 0.25) is 0 Å². The average molecular weight is 952 g/mol. The molecule has 66 heavy (non-hydrogen) atoms. The van der Waals surface area contributed by atoms with Crippen molar-refractivity contribution in [1.29, 1.82) is 0 Å². The number of benzene rings is 2. The second-order valence-corrected chi connectivity index (χ2v) is 14.6. The molecule has 0 spiro atoms. The number of carbonyl (C=O) groups excluding carboxylic acids is 3. The third kappa shape index (κ3) is 24.2. The highest BCUT2D eigenvalue weighted by atomic mass is 32.1. The number of ether oxygens (including phenoxy) is 13. The molecule has 0 fully saturated rings. The molecule has 1 aromatic heterocycles. The molecule has 0 aliphatic carbocycles. The Hall–Kier alpha value is -4.68. The number of esters is 3. The standard InChI is InChI=1S/C45H61NO17S.CH4O/c1-6-41(47)59-26-21-51-17-18-54-33-55-30-45(31-62-34(4)56-24-19-52-22-27-60-42(48)7-2,32-63-35(5)57-25-20-53-23-28-61-43(49)8-3)46-15-16-58-36-13-14-40-38(29-36)44(50)37-11-9-10-12-39(37)64-40;1-2/h6-14,29,34-35,46H,1-3,15-28,30-33H2,4-5H3;2H,1H3. The zero-order valence-corrected chi connectivity index (χ0v) is 38.9. The minimum absolute atomic E-state index is 0.0301. The molecular weight excluding hydrogens is 887 g/mol. The van der Waals surface area contributed by atoms with E-state index in [4.69, 9.17) is 66.7 Å². The molecule has 1 heterocycles. The first-order valence-electron chi connectivity index (χ1n) is 21.1. The zero-order chi connectivity index (χ0) is 48.3. The molecule has 0 bridgehead atoms. The van der Waals surface area contributed by atoms with Crippen molar-refractivity contribution >= 4 is 49.4 Å². The van der Waals surface area contributed by atoms with Gasteiger partial charge in [-0.3, -0.25) is 4.79 Å². The number of aliphatic hydroxyl groups excluding tert-OH is 1. The van der Waals surface area contributed by atoms with Crippen LogP contribution in [0.15, 0.2) is 85.2 Å². The van der Waals surface area contributed by atoms with Crippen LogP contribution in [0, 0.1) is 0 Å². The molecule has 0 aliphatic rings. The molecule has 0 aliphatic heterocycles. The van der Waals surface area contributed by atoms with E-state index in [0.29, 0.717) is 23.1 Å². The smallest absolute Gasteiger partial charge is 0.330 e. The van der Waals surface area contributed by atoms with E-state index in [9.17, 15) is 19.2 Å². The summed E-state index contributed by atoms with van der Waals surface area (Å²) in [5.74, 6) is -1.06. The van der Waals surface area contributed by atoms with Crippen LogP contribution in [0.2, 0.25) is 0 Å². The summed E-state index contributed by atoms with van der Waals surface area (Å²) in [7, 11) is 1.00. The van der Waals surface area contributed by atoms with Crippen LogP contribution in [0.4, 0.5) is 0 Å². The Morgan fingerprint density at radius 2 is 1.09 bits per heavy atom. The van der Waals surface area contributed by atoms with Gasteiger partial charge in [-0.05, 0) is 44.2 Å². The van der Waals surface area contributed by atoms with Gasteiger partial charge in [0.15, 0.2) is 18.0 Å². The molecule has 2 N–H and O–H groups in total. The normalized spacial score (nSPS) is 12.8. The van der Waals surface area contributed by atoms with E-state index in [1.165, 1.54) is 0 Å². The Morgan fingerprint density at radius 3 is 1.64 bits per heavy atom. The summed E-state index contributed by atoms with van der Waals surface area (Å²) in [6, 6.07) is 13.0. The predicted molar refractivity (Wildman–Crippen MR) is 245 cm³/mol. The van der Waals surface area contributed by atoms with E-state index in [1.807, 2.05) is 36.4 Å². The van der Waals surface area contributed by atoms with Gasteiger partial charge in [-0.15, -0.1) is 11.3 Å². The fourth-order valence-electron chi connectivity index (χ4n) is 5.39. The summed E-state index contributed by atoms with van der Waals surface area (Å²) < 4.78 is 74.7. The van der Waals surface area contributed by atoms with E-state index in [1.54, 1.807) is 31.3 Å². The maximum atomic E-state index is 13.3. The minimum Gasteiger partial charge on any atom is -0.492 e. The van der Waals surface area contributed by atoms with Gasteiger partial charge in [0.1, 0.15) is 39.0 Å². The summed E-state index contributed by atoms with van der Waals surface area (Å²) in [5, 5.41) is 11.7. The molecule has 0 saturated carbocycles. The highest BCUT2D eigenvalue weighted by Gasteiger charge is 2.33. The summed E-state index contributed by atoms with van der Waals surface area (Å²) in [4.78, 5) is 47.0. The maximum absolute atomic E-state index is 13.3. The number of hydrogen-bond acceptors (Lipinski definition) is 20. The second kappa shape index (κ2) is 35.5. The number of aliphatic hydroxyl groups is 1. The Kier molecular flexibility index (Phi) is 30.9. The van der Waals surface area contributed by atoms with Crippen molar-refractivity contribution in [3.63, 3.8) is 0 Å². The highest BCUT2D eigenvalue weighted by Crippen LogP contribution is 2.27. The van der Waals surface area contributed by atoms with Crippen LogP contribution < -0.4 is 15.5 Å². The van der Waals surface area contributed by atoms with Crippen molar-refractivity contribution < 1.29 is 81.1 Å². The molecule has 368 valence electrons. The predicted octanol–water partition coefficient (Wildman–Crippen LogP) is 3.72. The molecule has 0 radical (unpaired) electrons. The molecule has 20 heteroatoms. The highest BCUT2D eigenvalue weighted by molar-refractivity contribution is 7.24. The van der Waals surface area contributed by atoms with Crippen molar-refractivity contribution in [2.75, 3.05) is 126 Å². The SMILES string of the molecule is C=CC(=O)OCCOCCOCOCC(COC(C)OCCOCCOC(=O)C=C)(COC(C)OCCOCCOC(=O)C=C)NCCOc1ccc2sc3ccccc3c(=O)c2c1.CO. The first kappa shape index (κ1) is 57.4. The lowest BCUT2D eigenvalue weighted by molar-refractivity contribution is -0.190. The molecule has 3 aromatic rings. The number of nitrogens with one attached hydrogen (secondary N) is 1. The molecule has 2 unspecified atom stereocenters. The molecule has 2 atom stereocenters. The minimum atomic E-state index is -1.02. The molecule has 3 rings (SSSR count). The van der Waals surface area contributed by atoms with Crippen molar-refractivity contribution in [3.05, 3.63) is 90.7 Å². The third-order valence-corrected chi connectivity index (χ3v) is 9.75. The maximum Gasteiger partial charge on any atom is 0.330 e. The fraction of sp³-hybridized carbons (Fsp3) is 0.522. The monoisotopic (exact) mass is 951 g/mol.